The first-order valence-corrected chi connectivity index (χ1v) is 6.65. The van der Waals surface area contributed by atoms with E-state index in [-0.39, 0.29) is 5.56 Å². The molecule has 22 heavy (non-hydrogen) atoms. The van der Waals surface area contributed by atoms with Gasteiger partial charge < -0.3 is 15.2 Å². The fourth-order valence-corrected chi connectivity index (χ4v) is 2.11. The maximum absolute atomic E-state index is 13.1. The molecule has 0 aliphatic carbocycles. The van der Waals surface area contributed by atoms with Gasteiger partial charge in [-0.15, -0.1) is 0 Å². The minimum absolute atomic E-state index is 0.0960. The average Bonchev–Trinajstić information content (AvgIpc) is 2.52. The number of rotatable bonds is 5. The summed E-state index contributed by atoms with van der Waals surface area (Å²) in [4.78, 5) is 0. The molecule has 0 radical (unpaired) electrons. The zero-order valence-corrected chi connectivity index (χ0v) is 12.0. The maximum Gasteiger partial charge on any atom is 0.417 e. The van der Waals surface area contributed by atoms with E-state index in [0.29, 0.717) is 30.2 Å². The lowest BCUT2D eigenvalue weighted by Gasteiger charge is -2.15. The van der Waals surface area contributed by atoms with E-state index < -0.39 is 11.7 Å². The van der Waals surface area contributed by atoms with Crippen LogP contribution in [0.5, 0.6) is 11.5 Å². The Bertz CT molecular complexity index is 642. The number of ether oxygens (including phenoxy) is 2. The highest BCUT2D eigenvalue weighted by atomic mass is 19.4. The Morgan fingerprint density at radius 3 is 2.41 bits per heavy atom. The Labute approximate surface area is 126 Å². The Kier molecular flexibility index (Phi) is 4.92. The van der Waals surface area contributed by atoms with E-state index in [0.717, 1.165) is 6.07 Å². The SMILES string of the molecule is COc1cc(-c2ccccc2C(F)(F)F)ccc1OCCN. The lowest BCUT2D eigenvalue weighted by atomic mass is 9.99. The van der Waals surface area contributed by atoms with Crippen molar-refractivity contribution in [3.63, 3.8) is 0 Å². The highest BCUT2D eigenvalue weighted by molar-refractivity contribution is 5.71. The number of alkyl halides is 3. The van der Waals surface area contributed by atoms with Gasteiger partial charge in [0.15, 0.2) is 11.5 Å². The van der Waals surface area contributed by atoms with E-state index in [1.54, 1.807) is 18.2 Å². The standard InChI is InChI=1S/C16H16F3NO2/c1-21-15-10-11(6-7-14(15)22-9-8-20)12-4-2-3-5-13(12)16(17,18)19/h2-7,10H,8-9,20H2,1H3. The minimum atomic E-state index is -4.42. The zero-order valence-electron chi connectivity index (χ0n) is 12.0. The predicted octanol–water partition coefficient (Wildman–Crippen LogP) is 3.72. The summed E-state index contributed by atoms with van der Waals surface area (Å²) in [7, 11) is 1.43. The number of hydrogen-bond acceptors (Lipinski definition) is 3. The van der Waals surface area contributed by atoms with Gasteiger partial charge in [-0.25, -0.2) is 0 Å². The number of nitrogens with two attached hydrogens (primary N) is 1. The van der Waals surface area contributed by atoms with E-state index in [2.05, 4.69) is 0 Å². The Morgan fingerprint density at radius 1 is 1.05 bits per heavy atom. The van der Waals surface area contributed by atoms with Crippen LogP contribution < -0.4 is 15.2 Å². The van der Waals surface area contributed by atoms with Gasteiger partial charge in [0.2, 0.25) is 0 Å². The van der Waals surface area contributed by atoms with E-state index in [1.165, 1.54) is 25.3 Å². The molecule has 2 N–H and O–H groups in total. The molecule has 0 bridgehead atoms. The van der Waals surface area contributed by atoms with Crippen molar-refractivity contribution in [1.82, 2.24) is 0 Å². The van der Waals surface area contributed by atoms with E-state index in [1.807, 2.05) is 0 Å². The first-order chi connectivity index (χ1) is 10.5. The molecule has 0 amide bonds. The summed E-state index contributed by atoms with van der Waals surface area (Å²) in [5.41, 5.74) is 5.18. The van der Waals surface area contributed by atoms with Crippen molar-refractivity contribution in [3.8, 4) is 22.6 Å². The number of methoxy groups -OCH3 is 1. The molecule has 0 saturated carbocycles. The molecule has 0 heterocycles. The van der Waals surface area contributed by atoms with E-state index in [9.17, 15) is 13.2 Å². The molecule has 2 aromatic carbocycles. The first-order valence-electron chi connectivity index (χ1n) is 6.65. The maximum atomic E-state index is 13.1. The van der Waals surface area contributed by atoms with Crippen LogP contribution in [0.25, 0.3) is 11.1 Å². The molecule has 0 aliphatic heterocycles. The fourth-order valence-electron chi connectivity index (χ4n) is 2.11. The molecule has 0 aromatic heterocycles. The van der Waals surface area contributed by atoms with Crippen LogP contribution in [0.3, 0.4) is 0 Å². The van der Waals surface area contributed by atoms with Crippen LogP contribution in [0.4, 0.5) is 13.2 Å². The molecule has 0 fully saturated rings. The molecule has 2 rings (SSSR count). The van der Waals surface area contributed by atoms with Crippen LogP contribution in [0.15, 0.2) is 42.5 Å². The second kappa shape index (κ2) is 6.70. The molecule has 118 valence electrons. The highest BCUT2D eigenvalue weighted by Crippen LogP contribution is 2.39. The molecule has 0 atom stereocenters. The molecule has 2 aromatic rings. The third kappa shape index (κ3) is 3.51. The van der Waals surface area contributed by atoms with Crippen molar-refractivity contribution in [2.45, 2.75) is 6.18 Å². The van der Waals surface area contributed by atoms with Crippen LogP contribution in [0.2, 0.25) is 0 Å². The van der Waals surface area contributed by atoms with Crippen LogP contribution in [-0.4, -0.2) is 20.3 Å². The Hall–Kier alpha value is -2.21. The Balaban J connectivity index is 2.46. The summed E-state index contributed by atoms with van der Waals surface area (Å²) in [6.07, 6.45) is -4.42. The summed E-state index contributed by atoms with van der Waals surface area (Å²) < 4.78 is 49.9. The monoisotopic (exact) mass is 311 g/mol. The lowest BCUT2D eigenvalue weighted by molar-refractivity contribution is -0.137. The number of benzene rings is 2. The van der Waals surface area contributed by atoms with Gasteiger partial charge in [-0.3, -0.25) is 0 Å². The van der Waals surface area contributed by atoms with E-state index >= 15 is 0 Å². The average molecular weight is 311 g/mol. The van der Waals surface area contributed by atoms with Crippen LogP contribution in [0, 0.1) is 0 Å². The quantitative estimate of drug-likeness (QED) is 0.915. The molecule has 3 nitrogen and oxygen atoms in total. The van der Waals surface area contributed by atoms with Gasteiger partial charge in [0, 0.05) is 6.54 Å². The van der Waals surface area contributed by atoms with Crippen LogP contribution in [-0.2, 0) is 6.18 Å². The normalized spacial score (nSPS) is 11.3. The second-order valence-electron chi connectivity index (χ2n) is 4.55. The summed E-state index contributed by atoms with van der Waals surface area (Å²) >= 11 is 0. The van der Waals surface area contributed by atoms with Gasteiger partial charge in [-0.1, -0.05) is 24.3 Å². The summed E-state index contributed by atoms with van der Waals surface area (Å²) in [6, 6.07) is 10.1. The third-order valence-electron chi connectivity index (χ3n) is 3.08. The first kappa shape index (κ1) is 16.2. The second-order valence-corrected chi connectivity index (χ2v) is 4.55. The molecule has 0 aliphatic rings. The third-order valence-corrected chi connectivity index (χ3v) is 3.08. The highest BCUT2D eigenvalue weighted by Gasteiger charge is 2.33. The van der Waals surface area contributed by atoms with Gasteiger partial charge in [-0.2, -0.15) is 13.2 Å². The van der Waals surface area contributed by atoms with Crippen molar-refractivity contribution in [1.29, 1.82) is 0 Å². The molecule has 0 unspecified atom stereocenters. The van der Waals surface area contributed by atoms with Gasteiger partial charge in [0.25, 0.3) is 0 Å². The van der Waals surface area contributed by atoms with Crippen molar-refractivity contribution in [2.24, 2.45) is 5.73 Å². The molecule has 6 heteroatoms. The van der Waals surface area contributed by atoms with Crippen molar-refractivity contribution in [3.05, 3.63) is 48.0 Å². The van der Waals surface area contributed by atoms with E-state index in [4.69, 9.17) is 15.2 Å². The zero-order chi connectivity index (χ0) is 16.2. The van der Waals surface area contributed by atoms with Crippen LogP contribution in [0.1, 0.15) is 5.56 Å². The van der Waals surface area contributed by atoms with Gasteiger partial charge in [-0.05, 0) is 29.3 Å². The largest absolute Gasteiger partial charge is 0.493 e. The van der Waals surface area contributed by atoms with Crippen molar-refractivity contribution in [2.75, 3.05) is 20.3 Å². The van der Waals surface area contributed by atoms with Crippen molar-refractivity contribution >= 4 is 0 Å². The van der Waals surface area contributed by atoms with Gasteiger partial charge in [0.1, 0.15) is 6.61 Å². The fraction of sp³-hybridized carbons (Fsp3) is 0.250. The number of hydrogen-bond donors (Lipinski definition) is 1. The van der Waals surface area contributed by atoms with Crippen LogP contribution >= 0.6 is 0 Å². The van der Waals surface area contributed by atoms with Crippen molar-refractivity contribution < 1.29 is 22.6 Å². The Morgan fingerprint density at radius 2 is 1.77 bits per heavy atom. The molecular weight excluding hydrogens is 295 g/mol. The van der Waals surface area contributed by atoms with Gasteiger partial charge >= 0.3 is 6.18 Å². The summed E-state index contributed by atoms with van der Waals surface area (Å²) in [5, 5.41) is 0. The lowest BCUT2D eigenvalue weighted by Crippen LogP contribution is -2.11. The topological polar surface area (TPSA) is 44.5 Å². The number of halogens is 3. The summed E-state index contributed by atoms with van der Waals surface area (Å²) in [6.45, 7) is 0.636. The molecule has 0 saturated heterocycles. The predicted molar refractivity (Wildman–Crippen MR) is 78.0 cm³/mol. The molecule has 0 spiro atoms. The summed E-state index contributed by atoms with van der Waals surface area (Å²) in [5.74, 6) is 0.809. The van der Waals surface area contributed by atoms with Gasteiger partial charge in [0.05, 0.1) is 12.7 Å². The molecular formula is C16H16F3NO2. The minimum Gasteiger partial charge on any atom is -0.493 e. The smallest absolute Gasteiger partial charge is 0.417 e.